The fraction of sp³-hybridized carbons (Fsp3) is 0.308. The molecular formula is C26H26N6S. The number of aromatic amines is 1. The topological polar surface area (TPSA) is 91.9 Å². The molecule has 7 heteroatoms. The van der Waals surface area contributed by atoms with Gasteiger partial charge in [-0.15, -0.1) is 0 Å². The number of fused-ring (bicyclic) bond motifs is 1. The second-order valence-electron chi connectivity index (χ2n) is 8.05. The van der Waals surface area contributed by atoms with Crippen molar-refractivity contribution < 1.29 is 0 Å². The molecule has 1 N–H and O–H groups in total. The monoisotopic (exact) mass is 454 g/mol. The van der Waals surface area contributed by atoms with Gasteiger partial charge >= 0.3 is 0 Å². The van der Waals surface area contributed by atoms with Gasteiger partial charge in [-0.2, -0.15) is 15.6 Å². The lowest BCUT2D eigenvalue weighted by Gasteiger charge is -2.26. The van der Waals surface area contributed by atoms with E-state index >= 15 is 0 Å². The Kier molecular flexibility index (Phi) is 6.53. The number of anilines is 1. The van der Waals surface area contributed by atoms with Crippen molar-refractivity contribution in [3.63, 3.8) is 0 Å². The first-order valence-corrected chi connectivity index (χ1v) is 11.9. The largest absolute Gasteiger partial charge is 0.372 e. The maximum atomic E-state index is 9.82. The van der Waals surface area contributed by atoms with Gasteiger partial charge in [-0.1, -0.05) is 17.8 Å². The van der Waals surface area contributed by atoms with E-state index in [1.54, 1.807) is 11.8 Å². The van der Waals surface area contributed by atoms with Crippen molar-refractivity contribution in [3.8, 4) is 12.1 Å². The normalized spacial score (nSPS) is 18.1. The molecule has 2 atom stereocenters. The molecule has 2 heterocycles. The average molecular weight is 455 g/mol. The summed E-state index contributed by atoms with van der Waals surface area (Å²) in [5, 5.41) is 29.1. The Hall–Kier alpha value is -3.55. The lowest BCUT2D eigenvalue weighted by atomic mass is 9.77. The summed E-state index contributed by atoms with van der Waals surface area (Å²) in [6.45, 7) is 9.96. The highest BCUT2D eigenvalue weighted by Gasteiger charge is 2.34. The third kappa shape index (κ3) is 4.25. The molecular weight excluding hydrogens is 428 g/mol. The number of allylic oxidation sites excluding steroid dienone is 2. The number of aromatic nitrogens is 2. The number of hydrogen-bond acceptors (Lipinski definition) is 6. The summed E-state index contributed by atoms with van der Waals surface area (Å²) < 4.78 is 0. The number of hydrogen-bond donors (Lipinski definition) is 1. The van der Waals surface area contributed by atoms with Gasteiger partial charge in [-0.25, -0.2) is 0 Å². The maximum Gasteiger partial charge on any atom is 0.131 e. The van der Waals surface area contributed by atoms with E-state index in [2.05, 4.69) is 76.4 Å². The Bertz CT molecular complexity index is 1320. The van der Waals surface area contributed by atoms with Crippen molar-refractivity contribution in [2.45, 2.75) is 43.5 Å². The van der Waals surface area contributed by atoms with Crippen molar-refractivity contribution in [3.05, 3.63) is 59.3 Å². The van der Waals surface area contributed by atoms with Gasteiger partial charge in [0.25, 0.3) is 0 Å². The van der Waals surface area contributed by atoms with Crippen LogP contribution in [0.25, 0.3) is 10.9 Å². The zero-order valence-electron chi connectivity index (χ0n) is 19.3. The van der Waals surface area contributed by atoms with Gasteiger partial charge in [0.15, 0.2) is 0 Å². The highest BCUT2D eigenvalue weighted by Crippen LogP contribution is 2.40. The molecule has 1 aliphatic heterocycles. The molecule has 2 aromatic carbocycles. The van der Waals surface area contributed by atoms with E-state index in [9.17, 15) is 10.5 Å². The Morgan fingerprint density at radius 2 is 1.79 bits per heavy atom. The molecule has 166 valence electrons. The van der Waals surface area contributed by atoms with Crippen LogP contribution in [0.15, 0.2) is 68.6 Å². The zero-order chi connectivity index (χ0) is 23.5. The summed E-state index contributed by atoms with van der Waals surface area (Å²) in [7, 11) is 0. The third-order valence-corrected chi connectivity index (χ3v) is 7.19. The van der Waals surface area contributed by atoms with Gasteiger partial charge in [-0.05, 0) is 69.7 Å². The van der Waals surface area contributed by atoms with Gasteiger partial charge < -0.3 is 4.90 Å². The van der Waals surface area contributed by atoms with Crippen LogP contribution < -0.4 is 4.90 Å². The van der Waals surface area contributed by atoms with E-state index in [0.29, 0.717) is 11.3 Å². The lowest BCUT2D eigenvalue weighted by molar-refractivity contribution is 0.704. The van der Waals surface area contributed by atoms with E-state index in [1.807, 2.05) is 26.0 Å². The quantitative estimate of drug-likeness (QED) is 0.489. The Morgan fingerprint density at radius 3 is 2.42 bits per heavy atom. The molecule has 0 fully saturated rings. The number of nitriles is 2. The summed E-state index contributed by atoms with van der Waals surface area (Å²) in [6.07, 6.45) is 0. The van der Waals surface area contributed by atoms with E-state index < -0.39 is 5.92 Å². The van der Waals surface area contributed by atoms with Gasteiger partial charge in [-0.3, -0.25) is 10.1 Å². The fourth-order valence-electron chi connectivity index (χ4n) is 4.41. The number of nitrogens with zero attached hydrogens (tertiary/aromatic N) is 5. The van der Waals surface area contributed by atoms with Crippen molar-refractivity contribution in [2.24, 2.45) is 10.9 Å². The zero-order valence-corrected chi connectivity index (χ0v) is 20.1. The Balaban J connectivity index is 1.69. The Labute approximate surface area is 198 Å². The van der Waals surface area contributed by atoms with Crippen LogP contribution in [0.5, 0.6) is 0 Å². The van der Waals surface area contributed by atoms with E-state index in [-0.39, 0.29) is 5.92 Å². The minimum Gasteiger partial charge on any atom is -0.372 e. The first kappa shape index (κ1) is 22.6. The van der Waals surface area contributed by atoms with Crippen LogP contribution in [-0.2, 0) is 0 Å². The molecule has 0 bridgehead atoms. The van der Waals surface area contributed by atoms with Crippen LogP contribution in [0.4, 0.5) is 5.69 Å². The molecule has 1 aliphatic rings. The summed E-state index contributed by atoms with van der Waals surface area (Å²) in [6, 6.07) is 19.2. The molecule has 1 aromatic heterocycles. The van der Waals surface area contributed by atoms with Crippen LogP contribution in [-0.4, -0.2) is 29.0 Å². The second kappa shape index (κ2) is 9.52. The minimum absolute atomic E-state index is 0.331. The number of benzene rings is 2. The van der Waals surface area contributed by atoms with E-state index in [1.165, 1.54) is 5.69 Å². The van der Waals surface area contributed by atoms with Crippen LogP contribution >= 0.6 is 11.8 Å². The van der Waals surface area contributed by atoms with Gasteiger partial charge in [0.1, 0.15) is 5.03 Å². The second-order valence-corrected chi connectivity index (χ2v) is 9.11. The van der Waals surface area contributed by atoms with Crippen LogP contribution in [0.1, 0.15) is 39.2 Å². The summed E-state index contributed by atoms with van der Waals surface area (Å²) in [5.41, 5.74) is 5.04. The SMILES string of the molecule is CCN(CC)c1ccc(Sc2n[nH]c3ccc(C4C(C#N)=C(C)N=C(C)C4C#N)cc23)cc1. The smallest absolute Gasteiger partial charge is 0.131 e. The minimum atomic E-state index is -0.462. The lowest BCUT2D eigenvalue weighted by Crippen LogP contribution is -2.24. The van der Waals surface area contributed by atoms with E-state index in [0.717, 1.165) is 45.2 Å². The van der Waals surface area contributed by atoms with E-state index in [4.69, 9.17) is 0 Å². The molecule has 0 amide bonds. The molecule has 33 heavy (non-hydrogen) atoms. The number of H-pyrrole nitrogens is 1. The predicted molar refractivity (Wildman–Crippen MR) is 133 cm³/mol. The van der Waals surface area contributed by atoms with Gasteiger partial charge in [0.05, 0.1) is 34.8 Å². The van der Waals surface area contributed by atoms with Crippen molar-refractivity contribution in [2.75, 3.05) is 18.0 Å². The van der Waals surface area contributed by atoms with Crippen LogP contribution in [0, 0.1) is 28.6 Å². The number of rotatable bonds is 6. The number of nitrogens with one attached hydrogen (secondary N) is 1. The first-order valence-electron chi connectivity index (χ1n) is 11.1. The molecule has 3 aromatic rings. The maximum absolute atomic E-state index is 9.82. The molecule has 0 radical (unpaired) electrons. The first-order chi connectivity index (χ1) is 16.0. The van der Waals surface area contributed by atoms with Crippen LogP contribution in [0.3, 0.4) is 0 Å². The van der Waals surface area contributed by atoms with Gasteiger partial charge in [0, 0.05) is 40.7 Å². The van der Waals surface area contributed by atoms with Crippen LogP contribution in [0.2, 0.25) is 0 Å². The van der Waals surface area contributed by atoms with Crippen molar-refractivity contribution in [1.29, 1.82) is 10.5 Å². The Morgan fingerprint density at radius 1 is 1.06 bits per heavy atom. The predicted octanol–water partition coefficient (Wildman–Crippen LogP) is 6.06. The van der Waals surface area contributed by atoms with Gasteiger partial charge in [0.2, 0.25) is 0 Å². The standard InChI is InChI=1S/C26H26N6S/c1-5-32(6-2)19-8-10-20(11-9-19)33-26-21-13-18(7-12-24(21)30-31-26)25-22(14-27)16(3)29-17(4)23(25)15-28/h7-13,22,25H,5-6H2,1-4H3,(H,30,31). The van der Waals surface area contributed by atoms with Crippen molar-refractivity contribution >= 4 is 34.1 Å². The highest BCUT2D eigenvalue weighted by atomic mass is 32.2. The molecule has 2 unspecified atom stereocenters. The van der Waals surface area contributed by atoms with Crippen molar-refractivity contribution in [1.82, 2.24) is 10.2 Å². The summed E-state index contributed by atoms with van der Waals surface area (Å²) >= 11 is 1.60. The molecule has 0 saturated carbocycles. The number of aliphatic imine (C=N–C) groups is 1. The molecule has 0 saturated heterocycles. The highest BCUT2D eigenvalue weighted by molar-refractivity contribution is 7.99. The fourth-order valence-corrected chi connectivity index (χ4v) is 5.27. The molecule has 4 rings (SSSR count). The average Bonchev–Trinajstić information content (AvgIpc) is 3.22. The molecule has 0 aliphatic carbocycles. The summed E-state index contributed by atoms with van der Waals surface area (Å²) in [5.74, 6) is -0.792. The molecule has 6 nitrogen and oxygen atoms in total. The third-order valence-electron chi connectivity index (χ3n) is 6.18. The summed E-state index contributed by atoms with van der Waals surface area (Å²) in [4.78, 5) is 7.86. The molecule has 0 spiro atoms.